The monoisotopic (exact) mass is 448 g/mol. The molecule has 160 valence electrons. The molecular weight excluding hydrogens is 424 g/mol. The number of carbonyl (C=O) groups is 3. The Morgan fingerprint density at radius 2 is 1.90 bits per heavy atom. The van der Waals surface area contributed by atoms with Crippen LogP contribution in [0.15, 0.2) is 24.3 Å². The highest BCUT2D eigenvalue weighted by Crippen LogP contribution is 2.42. The Balaban J connectivity index is 1.98. The second kappa shape index (κ2) is 8.69. The summed E-state index contributed by atoms with van der Waals surface area (Å²) < 4.78 is 10.2. The normalized spacial score (nSPS) is 17.5. The molecule has 9 heteroatoms. The second-order valence-electron chi connectivity index (χ2n) is 7.23. The number of esters is 1. The molecule has 2 aromatic rings. The molecule has 2 amide bonds. The van der Waals surface area contributed by atoms with Crippen molar-refractivity contribution in [3.63, 3.8) is 0 Å². The molecule has 0 saturated carbocycles. The van der Waals surface area contributed by atoms with Gasteiger partial charge in [-0.05, 0) is 38.5 Å². The van der Waals surface area contributed by atoms with Crippen molar-refractivity contribution in [1.82, 2.24) is 4.90 Å². The van der Waals surface area contributed by atoms with Gasteiger partial charge in [0.2, 0.25) is 12.3 Å². The van der Waals surface area contributed by atoms with E-state index in [1.165, 1.54) is 35.1 Å². The molecule has 1 aromatic heterocycles. The molecule has 1 fully saturated rings. The zero-order valence-corrected chi connectivity index (χ0v) is 19.1. The number of nitrogens with zero attached hydrogens (tertiary/aromatic N) is 1. The largest absolute Gasteiger partial charge is 0.497 e. The van der Waals surface area contributed by atoms with Gasteiger partial charge in [-0.1, -0.05) is 12.1 Å². The summed E-state index contributed by atoms with van der Waals surface area (Å²) in [7, 11) is 2.90. The number of methoxy groups -OCH3 is 2. The van der Waals surface area contributed by atoms with Gasteiger partial charge in [-0.15, -0.1) is 23.1 Å². The Labute approximate surface area is 183 Å². The highest BCUT2D eigenvalue weighted by molar-refractivity contribution is 8.00. The predicted molar refractivity (Wildman–Crippen MR) is 119 cm³/mol. The summed E-state index contributed by atoms with van der Waals surface area (Å²) in [4.78, 5) is 39.1. The van der Waals surface area contributed by atoms with Crippen molar-refractivity contribution in [3.05, 3.63) is 34.7 Å². The zero-order chi connectivity index (χ0) is 22.1. The van der Waals surface area contributed by atoms with Gasteiger partial charge in [0.25, 0.3) is 0 Å². The quantitative estimate of drug-likeness (QED) is 0.535. The van der Waals surface area contributed by atoms with Crippen LogP contribution in [0.3, 0.4) is 0 Å². The van der Waals surface area contributed by atoms with Crippen molar-refractivity contribution < 1.29 is 23.9 Å². The third-order valence-electron chi connectivity index (χ3n) is 5.06. The van der Waals surface area contributed by atoms with Gasteiger partial charge in [0, 0.05) is 16.2 Å². The standard InChI is InChI=1S/C21H24N2O5S2/c1-12-16(13-6-8-14(27-4)9-7-13)17(20(26)28-5)19(30-12)22-18(25)15-10-29-21(2,3)23(15)11-24/h6-9,11,15H,10H2,1-5H3,(H,22,25). The summed E-state index contributed by atoms with van der Waals surface area (Å²) >= 11 is 2.84. The molecule has 3 rings (SSSR count). The molecule has 0 bridgehead atoms. The lowest BCUT2D eigenvalue weighted by Gasteiger charge is -2.30. The number of nitrogens with one attached hydrogen (secondary N) is 1. The fourth-order valence-corrected chi connectivity index (χ4v) is 5.71. The number of rotatable bonds is 6. The Bertz CT molecular complexity index is 969. The van der Waals surface area contributed by atoms with Crippen molar-refractivity contribution in [2.24, 2.45) is 0 Å². The Hall–Kier alpha value is -2.52. The summed E-state index contributed by atoms with van der Waals surface area (Å²) in [5.74, 6) is 0.331. The maximum atomic E-state index is 13.0. The number of benzene rings is 1. The van der Waals surface area contributed by atoms with Crippen LogP contribution in [0.2, 0.25) is 0 Å². The number of ether oxygens (including phenoxy) is 2. The number of amides is 2. The maximum Gasteiger partial charge on any atom is 0.341 e. The fourth-order valence-electron chi connectivity index (χ4n) is 3.45. The van der Waals surface area contributed by atoms with Gasteiger partial charge in [-0.25, -0.2) is 4.79 Å². The average Bonchev–Trinajstić information content (AvgIpc) is 3.22. The summed E-state index contributed by atoms with van der Waals surface area (Å²) in [6, 6.07) is 6.73. The highest BCUT2D eigenvalue weighted by atomic mass is 32.2. The van der Waals surface area contributed by atoms with Crippen LogP contribution in [0.5, 0.6) is 5.75 Å². The first-order valence-electron chi connectivity index (χ1n) is 9.28. The molecule has 0 radical (unpaired) electrons. The first-order valence-corrected chi connectivity index (χ1v) is 11.1. The second-order valence-corrected chi connectivity index (χ2v) is 10.1. The molecule has 0 aliphatic carbocycles. The van der Waals surface area contributed by atoms with Crippen LogP contribution >= 0.6 is 23.1 Å². The summed E-state index contributed by atoms with van der Waals surface area (Å²) in [5.41, 5.74) is 1.83. The van der Waals surface area contributed by atoms with Gasteiger partial charge in [-0.3, -0.25) is 9.59 Å². The smallest absolute Gasteiger partial charge is 0.341 e. The van der Waals surface area contributed by atoms with E-state index >= 15 is 0 Å². The lowest BCUT2D eigenvalue weighted by molar-refractivity contribution is -0.130. The van der Waals surface area contributed by atoms with Gasteiger partial charge in [0.05, 0.1) is 19.1 Å². The summed E-state index contributed by atoms with van der Waals surface area (Å²) in [6.45, 7) is 5.69. The first kappa shape index (κ1) is 22.2. The minimum atomic E-state index is -0.611. The number of aryl methyl sites for hydroxylation is 1. The maximum absolute atomic E-state index is 13.0. The van der Waals surface area contributed by atoms with Crippen molar-refractivity contribution in [1.29, 1.82) is 0 Å². The lowest BCUT2D eigenvalue weighted by Crippen LogP contribution is -2.47. The molecule has 1 unspecified atom stereocenters. The minimum absolute atomic E-state index is 0.307. The van der Waals surface area contributed by atoms with E-state index in [2.05, 4.69) is 5.32 Å². The zero-order valence-electron chi connectivity index (χ0n) is 17.5. The highest BCUT2D eigenvalue weighted by Gasteiger charge is 2.43. The minimum Gasteiger partial charge on any atom is -0.497 e. The van der Waals surface area contributed by atoms with Crippen molar-refractivity contribution in [2.45, 2.75) is 31.7 Å². The van der Waals surface area contributed by atoms with E-state index in [-0.39, 0.29) is 5.91 Å². The SMILES string of the molecule is COC(=O)c1c(NC(=O)C2CSC(C)(C)N2C=O)sc(C)c1-c1ccc(OC)cc1. The number of thioether (sulfide) groups is 1. The topological polar surface area (TPSA) is 84.9 Å². The molecule has 1 N–H and O–H groups in total. The Kier molecular flexibility index (Phi) is 6.42. The third kappa shape index (κ3) is 4.04. The fraction of sp³-hybridized carbons (Fsp3) is 0.381. The molecule has 30 heavy (non-hydrogen) atoms. The predicted octanol–water partition coefficient (Wildman–Crippen LogP) is 3.77. The van der Waals surface area contributed by atoms with Crippen LogP contribution in [0.25, 0.3) is 11.1 Å². The van der Waals surface area contributed by atoms with Gasteiger partial charge in [0.1, 0.15) is 22.4 Å². The van der Waals surface area contributed by atoms with Crippen LogP contribution in [0, 0.1) is 6.92 Å². The van der Waals surface area contributed by atoms with Crippen molar-refractivity contribution >= 4 is 46.4 Å². The Morgan fingerprint density at radius 3 is 2.47 bits per heavy atom. The van der Waals surface area contributed by atoms with Crippen LogP contribution in [0.4, 0.5) is 5.00 Å². The molecule has 1 aliphatic rings. The first-order chi connectivity index (χ1) is 14.2. The molecular formula is C21H24N2O5S2. The van der Waals surface area contributed by atoms with E-state index < -0.39 is 16.9 Å². The van der Waals surface area contributed by atoms with Crippen molar-refractivity contribution in [3.8, 4) is 16.9 Å². The molecule has 1 aromatic carbocycles. The van der Waals surface area contributed by atoms with E-state index in [0.717, 1.165) is 10.4 Å². The van der Waals surface area contributed by atoms with E-state index in [1.807, 2.05) is 45.0 Å². The number of hydrogen-bond donors (Lipinski definition) is 1. The number of carbonyl (C=O) groups excluding carboxylic acids is 3. The van der Waals surface area contributed by atoms with E-state index in [4.69, 9.17) is 9.47 Å². The lowest BCUT2D eigenvalue weighted by atomic mass is 10.0. The molecule has 1 atom stereocenters. The number of anilines is 1. The molecule has 7 nitrogen and oxygen atoms in total. The summed E-state index contributed by atoms with van der Waals surface area (Å²) in [5, 5.41) is 3.28. The van der Waals surface area contributed by atoms with Gasteiger partial charge >= 0.3 is 5.97 Å². The van der Waals surface area contributed by atoms with Gasteiger partial charge in [-0.2, -0.15) is 0 Å². The number of hydrogen-bond acceptors (Lipinski definition) is 7. The average molecular weight is 449 g/mol. The van der Waals surface area contributed by atoms with Crippen LogP contribution < -0.4 is 10.1 Å². The third-order valence-corrected chi connectivity index (χ3v) is 7.48. The van der Waals surface area contributed by atoms with E-state index in [9.17, 15) is 14.4 Å². The Morgan fingerprint density at radius 1 is 1.23 bits per heavy atom. The summed E-state index contributed by atoms with van der Waals surface area (Å²) in [6.07, 6.45) is 0.702. The van der Waals surface area contributed by atoms with E-state index in [1.54, 1.807) is 7.11 Å². The molecule has 1 saturated heterocycles. The van der Waals surface area contributed by atoms with Gasteiger partial charge in [0.15, 0.2) is 0 Å². The van der Waals surface area contributed by atoms with Crippen LogP contribution in [0.1, 0.15) is 29.1 Å². The molecule has 1 aliphatic heterocycles. The molecule has 2 heterocycles. The van der Waals surface area contributed by atoms with Gasteiger partial charge < -0.3 is 19.7 Å². The number of thiophene rings is 1. The van der Waals surface area contributed by atoms with E-state index in [0.29, 0.717) is 34.0 Å². The van der Waals surface area contributed by atoms with Crippen LogP contribution in [-0.4, -0.2) is 54.1 Å². The van der Waals surface area contributed by atoms with Crippen molar-refractivity contribution in [2.75, 3.05) is 25.3 Å². The van der Waals surface area contributed by atoms with Crippen LogP contribution in [-0.2, 0) is 14.3 Å². The molecule has 0 spiro atoms.